The first kappa shape index (κ1) is 78.9. The molecule has 0 spiro atoms. The minimum atomic E-state index is -2.66. The van der Waals surface area contributed by atoms with Gasteiger partial charge in [0.25, 0.3) is 5.92 Å². The van der Waals surface area contributed by atoms with Gasteiger partial charge >= 0.3 is 5.97 Å². The summed E-state index contributed by atoms with van der Waals surface area (Å²) in [5.41, 5.74) is 10.4. The predicted molar refractivity (Wildman–Crippen MR) is 360 cm³/mol. The van der Waals surface area contributed by atoms with Crippen molar-refractivity contribution < 1.29 is 67.5 Å². The molecule has 510 valence electrons. The van der Waals surface area contributed by atoms with Gasteiger partial charge in [0.2, 0.25) is 0 Å². The summed E-state index contributed by atoms with van der Waals surface area (Å²) < 4.78 is 80.9. The summed E-state index contributed by atoms with van der Waals surface area (Å²) >= 11 is 0. The Morgan fingerprint density at radius 3 is 1.32 bits per heavy atom. The number of aryl methyl sites for hydroxylation is 7. The summed E-state index contributed by atoms with van der Waals surface area (Å²) in [6.07, 6.45) is 6.84. The molecule has 19 nitrogen and oxygen atoms in total. The van der Waals surface area contributed by atoms with E-state index in [0.717, 1.165) is 107 Å². The molecule has 25 heteroatoms. The van der Waals surface area contributed by atoms with Crippen LogP contribution < -0.4 is 19.9 Å². The number of phenolic OH excluding ortho intramolecular Hbond substituents is 1. The fraction of sp³-hybridized carbons (Fsp3) is 0.371. The number of aromatic hydroxyl groups is 1. The van der Waals surface area contributed by atoms with Crippen molar-refractivity contribution in [2.45, 2.75) is 123 Å². The molecular weight excluding hydrogens is 1410 g/mol. The molecule has 9 aromatic rings. The zero-order chi connectivity index (χ0) is 66.4. The van der Waals surface area contributed by atoms with Gasteiger partial charge in [-0.15, -0.1) is 12.4 Å². The molecule has 10 rings (SSSR count). The fourth-order valence-electron chi connectivity index (χ4n) is 9.10. The average molecular weight is 1500 g/mol. The van der Waals surface area contributed by atoms with E-state index in [9.17, 15) is 27.5 Å². The number of aromatic nitrogens is 12. The van der Waals surface area contributed by atoms with E-state index in [1.54, 1.807) is 58.7 Å². The van der Waals surface area contributed by atoms with E-state index in [1.807, 2.05) is 136 Å². The second-order valence-corrected chi connectivity index (χ2v) is 22.9. The Morgan fingerprint density at radius 2 is 0.947 bits per heavy atom. The second-order valence-electron chi connectivity index (χ2n) is 22.9. The van der Waals surface area contributed by atoms with Gasteiger partial charge in [0.05, 0.1) is 18.6 Å². The first-order valence-corrected chi connectivity index (χ1v) is 30.6. The molecule has 5 aromatic carbocycles. The minimum Gasteiger partial charge on any atom is -0.508 e. The van der Waals surface area contributed by atoms with Gasteiger partial charge in [-0.2, -0.15) is 20.4 Å². The summed E-state index contributed by atoms with van der Waals surface area (Å²) in [4.78, 5) is 29.6. The molecule has 1 unspecified atom stereocenters. The van der Waals surface area contributed by atoms with Crippen LogP contribution in [0.1, 0.15) is 115 Å². The minimum absolute atomic E-state index is 0. The molecule has 1 aliphatic carbocycles. The average Bonchev–Trinajstić information content (AvgIpc) is 1.60. The van der Waals surface area contributed by atoms with Crippen LogP contribution in [-0.4, -0.2) is 101 Å². The molecule has 1 fully saturated rings. The van der Waals surface area contributed by atoms with Crippen molar-refractivity contribution in [2.24, 2.45) is 33.9 Å². The van der Waals surface area contributed by atoms with Crippen molar-refractivity contribution in [3.05, 3.63) is 187 Å². The van der Waals surface area contributed by atoms with Crippen molar-refractivity contribution in [1.29, 1.82) is 0 Å². The molecule has 4 heterocycles. The SMILES string of the molecule is CCCc1nc(-c2ccc(O)cc2)n(C)n1.CCCc1nc(-c2ccc(OC/C(=C/F)CCC(=O)OC(C)(C)C)cc2)n(C)n1.CCCc1nc(-c2ccc(OC/C(=C/F)CN)cc2)n(C)n1.Cl.Cn1nc(C2CC2(F)F)nc1-c1ccc(OCc2ccccc2)cc1.[CH3-].[W]. The van der Waals surface area contributed by atoms with Gasteiger partial charge in [0, 0.05) is 116 Å². The van der Waals surface area contributed by atoms with Crippen molar-refractivity contribution >= 4 is 18.4 Å². The number of ether oxygens (including phenoxy) is 4. The maximum Gasteiger partial charge on any atom is 0.306 e. The van der Waals surface area contributed by atoms with Gasteiger partial charge in [-0.05, 0) is 155 Å². The van der Waals surface area contributed by atoms with Gasteiger partial charge in [-0.1, -0.05) is 51.1 Å². The monoisotopic (exact) mass is 1500 g/mol. The van der Waals surface area contributed by atoms with Gasteiger partial charge in [-0.25, -0.2) is 56.2 Å². The van der Waals surface area contributed by atoms with E-state index in [2.05, 4.69) is 61.1 Å². The number of halogens is 5. The normalized spacial score (nSPS) is 13.0. The number of esters is 1. The van der Waals surface area contributed by atoms with Crippen LogP contribution in [0.4, 0.5) is 17.6 Å². The summed E-state index contributed by atoms with van der Waals surface area (Å²) in [5, 5.41) is 26.5. The topological polar surface area (TPSA) is 223 Å². The molecule has 3 N–H and O–H groups in total. The molecule has 1 saturated carbocycles. The van der Waals surface area contributed by atoms with E-state index in [-0.39, 0.29) is 97.5 Å². The third-order valence-corrected chi connectivity index (χ3v) is 14.0. The van der Waals surface area contributed by atoms with Crippen LogP contribution in [0.5, 0.6) is 23.0 Å². The van der Waals surface area contributed by atoms with Crippen LogP contribution in [0.25, 0.3) is 45.6 Å². The molecule has 1 aliphatic rings. The Kier molecular flexibility index (Phi) is 31.7. The largest absolute Gasteiger partial charge is 0.508 e. The third kappa shape index (κ3) is 24.3. The Bertz CT molecular complexity index is 3820. The number of nitrogens with two attached hydrogens (primary N) is 1. The summed E-state index contributed by atoms with van der Waals surface area (Å²) in [5.74, 6) is 4.20. The maximum absolute atomic E-state index is 13.2. The first-order chi connectivity index (χ1) is 44.1. The number of nitrogens with zero attached hydrogens (tertiary/aromatic N) is 12. The predicted octanol–water partition coefficient (Wildman–Crippen LogP) is 14.6. The maximum atomic E-state index is 13.2. The van der Waals surface area contributed by atoms with E-state index in [0.29, 0.717) is 47.7 Å². The Morgan fingerprint density at radius 1 is 0.579 bits per heavy atom. The number of phenols is 1. The molecule has 4 aromatic heterocycles. The summed E-state index contributed by atoms with van der Waals surface area (Å²) in [6, 6.07) is 39.2. The summed E-state index contributed by atoms with van der Waals surface area (Å²) in [7, 11) is 7.35. The fourth-order valence-corrected chi connectivity index (χ4v) is 9.10. The van der Waals surface area contributed by atoms with Crippen molar-refractivity contribution in [3.63, 3.8) is 0 Å². The summed E-state index contributed by atoms with van der Waals surface area (Å²) in [6.45, 7) is 12.6. The number of hydrogen-bond acceptors (Lipinski definition) is 15. The van der Waals surface area contributed by atoms with Gasteiger partial charge in [0.15, 0.2) is 46.6 Å². The Balaban J connectivity index is 0.000000271. The van der Waals surface area contributed by atoms with Gasteiger partial charge in [-0.3, -0.25) is 4.79 Å². The molecule has 0 saturated heterocycles. The first-order valence-electron chi connectivity index (χ1n) is 30.6. The Labute approximate surface area is 574 Å². The molecular formula is C70H87ClF4N13O6W-. The molecule has 1 atom stereocenters. The van der Waals surface area contributed by atoms with E-state index in [4.69, 9.17) is 24.7 Å². The van der Waals surface area contributed by atoms with E-state index >= 15 is 0 Å². The van der Waals surface area contributed by atoms with Crippen LogP contribution in [0.2, 0.25) is 0 Å². The van der Waals surface area contributed by atoms with Crippen LogP contribution in [0.3, 0.4) is 0 Å². The zero-order valence-electron chi connectivity index (χ0n) is 55.8. The van der Waals surface area contributed by atoms with Crippen LogP contribution in [0, 0.1) is 7.43 Å². The van der Waals surface area contributed by atoms with Crippen LogP contribution >= 0.6 is 12.4 Å². The number of alkyl halides is 2. The van der Waals surface area contributed by atoms with Gasteiger partial charge in [0.1, 0.15) is 48.4 Å². The van der Waals surface area contributed by atoms with E-state index < -0.39 is 17.4 Å². The molecule has 0 bridgehead atoms. The number of carbonyl (C=O) groups is 1. The smallest absolute Gasteiger partial charge is 0.306 e. The van der Waals surface area contributed by atoms with Crippen LogP contribution in [-0.2, 0) is 84.7 Å². The van der Waals surface area contributed by atoms with E-state index in [1.165, 1.54) is 0 Å². The molecule has 0 radical (unpaired) electrons. The zero-order valence-corrected chi connectivity index (χ0v) is 59.6. The standard InChI is InChI=1S/C22H30FN3O3.C19H17F2N3O.C16H21FN4O.C12H15N3O.CH3.ClH.W/c1-6-7-19-24-21(26(5)25-19)17-9-11-18(12-10-17)28-15-16(14-23)8-13-20(27)29-22(2,3)4;1-24-18(22-17(23-24)16-11-19(16,20)21)14-7-9-15(10-8-14)25-12-13-5-3-2-4-6-13;1-3-4-15-19-16(21(2)20-15)13-5-7-14(8-6-13)22-11-12(9-17)10-18;1-3-4-11-13-12(15(2)14-11)9-5-7-10(16)8-6-9;;;/h9-12,14H,6-8,13,15H2,1-5H3;2-10,16H,11-12H2,1H3;5-9H,3-4,10-11,18H2,1-2H3;5-8,16H,3-4H2,1-2H3;1H3;1H;/q;;;;-1;;/b16-14+;;12-9+;;;;. The molecule has 95 heavy (non-hydrogen) atoms. The molecule has 0 aliphatic heterocycles. The number of rotatable bonds is 24. The number of hydrogen-bond donors (Lipinski definition) is 2. The molecule has 0 amide bonds. The van der Waals surface area contributed by atoms with Crippen molar-refractivity contribution in [1.82, 2.24) is 59.1 Å². The van der Waals surface area contributed by atoms with Gasteiger partial charge < -0.3 is 37.2 Å². The quantitative estimate of drug-likeness (QED) is 0.0326. The Hall–Kier alpha value is -8.53. The second kappa shape index (κ2) is 38.1. The van der Waals surface area contributed by atoms with Crippen molar-refractivity contribution in [2.75, 3.05) is 19.8 Å². The number of benzene rings is 5. The third-order valence-electron chi connectivity index (χ3n) is 14.0. The van der Waals surface area contributed by atoms with Crippen molar-refractivity contribution in [3.8, 4) is 68.5 Å². The number of carbonyl (C=O) groups excluding carboxylic acids is 1. The van der Waals surface area contributed by atoms with Crippen LogP contribution in [0.15, 0.2) is 151 Å².